The highest BCUT2D eigenvalue weighted by Gasteiger charge is 2.18. The molecule has 1 aromatic rings. The predicted octanol–water partition coefficient (Wildman–Crippen LogP) is 3.64. The number of aliphatic hydroxyl groups excluding tert-OH is 1. The lowest BCUT2D eigenvalue weighted by Crippen LogP contribution is -2.37. The Morgan fingerprint density at radius 2 is 2.00 bits per heavy atom. The molecule has 0 aliphatic carbocycles. The van der Waals surface area contributed by atoms with Crippen LogP contribution in [0.2, 0.25) is 0 Å². The maximum absolute atomic E-state index is 11.4. The maximum Gasteiger partial charge on any atom is 0.159 e. The van der Waals surface area contributed by atoms with Crippen molar-refractivity contribution in [3.8, 4) is 0 Å². The molecule has 0 saturated carbocycles. The Morgan fingerprint density at radius 3 is 2.42 bits per heavy atom. The molecule has 0 atom stereocenters. The van der Waals surface area contributed by atoms with Crippen molar-refractivity contribution in [2.75, 3.05) is 18.1 Å². The van der Waals surface area contributed by atoms with Gasteiger partial charge in [0.15, 0.2) is 5.78 Å². The number of carbonyl (C=O) groups is 1. The Balaban J connectivity index is 3.12. The summed E-state index contributed by atoms with van der Waals surface area (Å²) >= 11 is 3.54. The van der Waals surface area contributed by atoms with E-state index in [0.717, 1.165) is 23.0 Å². The molecule has 0 unspecified atom stereocenters. The normalized spacial score (nSPS) is 10.8. The molecule has 0 bridgehead atoms. The van der Waals surface area contributed by atoms with Crippen molar-refractivity contribution in [1.82, 2.24) is 0 Å². The van der Waals surface area contributed by atoms with Crippen molar-refractivity contribution < 1.29 is 9.90 Å². The van der Waals surface area contributed by atoms with Crippen LogP contribution in [0.4, 0.5) is 5.69 Å². The van der Waals surface area contributed by atoms with Crippen LogP contribution < -0.4 is 4.90 Å². The van der Waals surface area contributed by atoms with E-state index < -0.39 is 0 Å². The van der Waals surface area contributed by atoms with Crippen molar-refractivity contribution in [2.45, 2.75) is 39.7 Å². The molecule has 0 spiro atoms. The van der Waals surface area contributed by atoms with Crippen LogP contribution in [0.5, 0.6) is 0 Å². The predicted molar refractivity (Wildman–Crippen MR) is 82.9 cm³/mol. The summed E-state index contributed by atoms with van der Waals surface area (Å²) in [6.45, 7) is 6.59. The number of ketones is 1. The number of hydrogen-bond acceptors (Lipinski definition) is 3. The summed E-state index contributed by atoms with van der Waals surface area (Å²) < 4.78 is 0.903. The van der Waals surface area contributed by atoms with E-state index in [1.807, 2.05) is 18.2 Å². The van der Waals surface area contributed by atoms with Gasteiger partial charge in [-0.25, -0.2) is 0 Å². The number of anilines is 1. The monoisotopic (exact) mass is 327 g/mol. The number of Topliss-reactive ketones (excluding diaryl/α,β-unsaturated/α-hetero) is 1. The summed E-state index contributed by atoms with van der Waals surface area (Å²) in [5.41, 5.74) is 1.73. The van der Waals surface area contributed by atoms with E-state index in [1.165, 1.54) is 0 Å². The highest BCUT2D eigenvalue weighted by atomic mass is 79.9. The molecule has 0 aromatic heterocycles. The molecule has 0 aliphatic rings. The zero-order valence-electron chi connectivity index (χ0n) is 11.8. The van der Waals surface area contributed by atoms with E-state index in [9.17, 15) is 9.90 Å². The third-order valence-electron chi connectivity index (χ3n) is 3.39. The first-order valence-electron chi connectivity index (χ1n) is 6.73. The molecule has 0 amide bonds. The Kier molecular flexibility index (Phi) is 6.52. The number of rotatable bonds is 7. The fourth-order valence-corrected chi connectivity index (χ4v) is 2.90. The van der Waals surface area contributed by atoms with E-state index in [-0.39, 0.29) is 12.4 Å². The van der Waals surface area contributed by atoms with Crippen LogP contribution in [0, 0.1) is 0 Å². The zero-order valence-corrected chi connectivity index (χ0v) is 13.4. The topological polar surface area (TPSA) is 40.5 Å². The second-order valence-electron chi connectivity index (χ2n) is 4.61. The first kappa shape index (κ1) is 16.2. The highest BCUT2D eigenvalue weighted by molar-refractivity contribution is 9.10. The molecule has 0 saturated heterocycles. The summed E-state index contributed by atoms with van der Waals surface area (Å²) in [5.74, 6) is 0.0588. The van der Waals surface area contributed by atoms with E-state index in [2.05, 4.69) is 34.7 Å². The van der Waals surface area contributed by atoms with Gasteiger partial charge in [0.2, 0.25) is 0 Å². The number of carbonyl (C=O) groups excluding carboxylic acids is 1. The van der Waals surface area contributed by atoms with E-state index in [1.54, 1.807) is 6.92 Å². The summed E-state index contributed by atoms with van der Waals surface area (Å²) in [4.78, 5) is 13.6. The lowest BCUT2D eigenvalue weighted by atomic mass is 10.1. The van der Waals surface area contributed by atoms with Gasteiger partial charge >= 0.3 is 0 Å². The summed E-state index contributed by atoms with van der Waals surface area (Å²) in [6, 6.07) is 6.04. The van der Waals surface area contributed by atoms with Crippen molar-refractivity contribution in [3.05, 3.63) is 28.2 Å². The summed E-state index contributed by atoms with van der Waals surface area (Å²) in [7, 11) is 0. The average Bonchev–Trinajstić information content (AvgIpc) is 2.39. The molecule has 1 N–H and O–H groups in total. The molecular weight excluding hydrogens is 306 g/mol. The van der Waals surface area contributed by atoms with Crippen LogP contribution in [0.15, 0.2) is 22.7 Å². The minimum absolute atomic E-state index is 0.0588. The van der Waals surface area contributed by atoms with Crippen molar-refractivity contribution in [1.29, 1.82) is 0 Å². The number of hydrogen-bond donors (Lipinski definition) is 1. The Morgan fingerprint density at radius 1 is 1.37 bits per heavy atom. The average molecular weight is 328 g/mol. The van der Waals surface area contributed by atoms with Gasteiger partial charge in [0.25, 0.3) is 0 Å². The first-order chi connectivity index (χ1) is 9.04. The van der Waals surface area contributed by atoms with Crippen LogP contribution >= 0.6 is 15.9 Å². The highest BCUT2D eigenvalue weighted by Crippen LogP contribution is 2.30. The van der Waals surface area contributed by atoms with Gasteiger partial charge in [-0.1, -0.05) is 13.8 Å². The maximum atomic E-state index is 11.4. The zero-order chi connectivity index (χ0) is 14.4. The van der Waals surface area contributed by atoms with Crippen molar-refractivity contribution in [3.63, 3.8) is 0 Å². The molecule has 3 nitrogen and oxygen atoms in total. The number of aliphatic hydroxyl groups is 1. The quantitative estimate of drug-likeness (QED) is 0.777. The lowest BCUT2D eigenvalue weighted by molar-refractivity contribution is 0.101. The fraction of sp³-hybridized carbons (Fsp3) is 0.533. The fourth-order valence-electron chi connectivity index (χ4n) is 2.30. The molecular formula is C15H22BrNO2. The molecule has 0 fully saturated rings. The second kappa shape index (κ2) is 7.65. The van der Waals surface area contributed by atoms with Crippen LogP contribution in [0.25, 0.3) is 0 Å². The molecule has 0 heterocycles. The van der Waals surface area contributed by atoms with Gasteiger partial charge in [-0.3, -0.25) is 4.79 Å². The third-order valence-corrected chi connectivity index (χ3v) is 4.02. The van der Waals surface area contributed by atoms with Gasteiger partial charge in [-0.05, 0) is 53.9 Å². The second-order valence-corrected chi connectivity index (χ2v) is 5.46. The summed E-state index contributed by atoms with van der Waals surface area (Å²) in [6.07, 6.45) is 2.05. The minimum Gasteiger partial charge on any atom is -0.395 e. The standard InChI is InChI=1S/C15H22BrNO2/c1-4-13(5-2)17(8-9-18)15-7-6-12(11(3)19)10-14(15)16/h6-7,10,13,18H,4-5,8-9H2,1-3H3. The number of halogens is 1. The van der Waals surface area contributed by atoms with E-state index in [0.29, 0.717) is 18.2 Å². The van der Waals surface area contributed by atoms with Gasteiger partial charge in [0.1, 0.15) is 0 Å². The van der Waals surface area contributed by atoms with Crippen LogP contribution in [-0.2, 0) is 0 Å². The van der Waals surface area contributed by atoms with Crippen molar-refractivity contribution in [2.24, 2.45) is 0 Å². The molecule has 4 heteroatoms. The van der Waals surface area contributed by atoms with Gasteiger partial charge < -0.3 is 10.0 Å². The molecule has 1 rings (SSSR count). The Bertz CT molecular complexity index is 430. The van der Waals surface area contributed by atoms with E-state index in [4.69, 9.17) is 0 Å². The smallest absolute Gasteiger partial charge is 0.159 e. The number of benzene rings is 1. The molecule has 1 aromatic carbocycles. The van der Waals surface area contributed by atoms with Gasteiger partial charge in [0.05, 0.1) is 12.3 Å². The molecule has 0 aliphatic heterocycles. The SMILES string of the molecule is CCC(CC)N(CCO)c1ccc(C(C)=O)cc1Br. The number of nitrogens with zero attached hydrogens (tertiary/aromatic N) is 1. The first-order valence-corrected chi connectivity index (χ1v) is 7.52. The minimum atomic E-state index is 0.0588. The van der Waals surface area contributed by atoms with Crippen LogP contribution in [0.1, 0.15) is 44.0 Å². The van der Waals surface area contributed by atoms with E-state index >= 15 is 0 Å². The van der Waals surface area contributed by atoms with Gasteiger partial charge in [-0.15, -0.1) is 0 Å². The van der Waals surface area contributed by atoms with Crippen LogP contribution in [0.3, 0.4) is 0 Å². The largest absolute Gasteiger partial charge is 0.395 e. The lowest BCUT2D eigenvalue weighted by Gasteiger charge is -2.33. The summed E-state index contributed by atoms with van der Waals surface area (Å²) in [5, 5.41) is 9.26. The van der Waals surface area contributed by atoms with Crippen LogP contribution in [-0.4, -0.2) is 30.1 Å². The van der Waals surface area contributed by atoms with Gasteiger partial charge in [0, 0.05) is 22.6 Å². The molecule has 0 radical (unpaired) electrons. The third kappa shape index (κ3) is 4.05. The van der Waals surface area contributed by atoms with Crippen molar-refractivity contribution >= 4 is 27.4 Å². The van der Waals surface area contributed by atoms with Gasteiger partial charge in [-0.2, -0.15) is 0 Å². The molecule has 19 heavy (non-hydrogen) atoms. The Labute approximate surface area is 123 Å². The molecule has 106 valence electrons. The Hall–Kier alpha value is -0.870.